The number of piperidine rings is 1. The van der Waals surface area contributed by atoms with E-state index < -0.39 is 0 Å². The summed E-state index contributed by atoms with van der Waals surface area (Å²) in [5, 5.41) is 1.48. The lowest BCUT2D eigenvalue weighted by Gasteiger charge is -2.40. The van der Waals surface area contributed by atoms with Crippen molar-refractivity contribution in [1.29, 1.82) is 0 Å². The minimum absolute atomic E-state index is 0.106. The summed E-state index contributed by atoms with van der Waals surface area (Å²) in [5.74, 6) is 0.621. The van der Waals surface area contributed by atoms with Gasteiger partial charge in [0, 0.05) is 22.6 Å². The summed E-state index contributed by atoms with van der Waals surface area (Å²) < 4.78 is 6.66. The third-order valence-electron chi connectivity index (χ3n) is 5.32. The van der Waals surface area contributed by atoms with Crippen LogP contribution in [0.4, 0.5) is 0 Å². The van der Waals surface area contributed by atoms with Gasteiger partial charge in [-0.3, -0.25) is 0 Å². The largest absolute Gasteiger partial charge is 0.365 e. The van der Waals surface area contributed by atoms with Crippen LogP contribution < -0.4 is 0 Å². The van der Waals surface area contributed by atoms with Crippen LogP contribution in [0.25, 0.3) is 0 Å². The predicted molar refractivity (Wildman–Crippen MR) is 110 cm³/mol. The molecular formula is C22H27Cl2NO. The van der Waals surface area contributed by atoms with Crippen LogP contribution in [0, 0.1) is 5.92 Å². The van der Waals surface area contributed by atoms with E-state index in [4.69, 9.17) is 27.9 Å². The molecule has 26 heavy (non-hydrogen) atoms. The normalized spacial score (nSPS) is 21.5. The van der Waals surface area contributed by atoms with Crippen LogP contribution in [-0.2, 0) is 4.74 Å². The first-order valence-corrected chi connectivity index (χ1v) is 10.1. The van der Waals surface area contributed by atoms with Crippen LogP contribution in [0.3, 0.4) is 0 Å². The number of hydrogen-bond acceptors (Lipinski definition) is 2. The monoisotopic (exact) mass is 391 g/mol. The minimum atomic E-state index is -0.106. The number of benzene rings is 2. The van der Waals surface area contributed by atoms with Gasteiger partial charge < -0.3 is 9.64 Å². The maximum absolute atomic E-state index is 6.66. The summed E-state index contributed by atoms with van der Waals surface area (Å²) in [6, 6.07) is 16.5. The number of likely N-dealkylation sites (tertiary alicyclic amines) is 1. The molecule has 0 amide bonds. The van der Waals surface area contributed by atoms with E-state index >= 15 is 0 Å². The standard InChI is InChI=1S/C22H27Cl2NO/c1-15(2)21-14-20(12-13-25(21)3)26-22(16-4-8-18(23)9-5-16)17-6-10-19(24)11-7-17/h4-11,15,20-22H,12-14H2,1-3H3/t20-,21+/m1/s1. The molecule has 1 fully saturated rings. The summed E-state index contributed by atoms with van der Waals surface area (Å²) in [7, 11) is 2.22. The molecule has 1 aliphatic heterocycles. The molecule has 0 spiro atoms. The van der Waals surface area contributed by atoms with Crippen LogP contribution >= 0.6 is 23.2 Å². The average Bonchev–Trinajstić information content (AvgIpc) is 2.62. The molecule has 1 aliphatic rings. The van der Waals surface area contributed by atoms with Gasteiger partial charge in [0.05, 0.1) is 6.10 Å². The molecule has 1 saturated heterocycles. The van der Waals surface area contributed by atoms with E-state index in [1.807, 2.05) is 24.3 Å². The highest BCUT2D eigenvalue weighted by Gasteiger charge is 2.31. The summed E-state index contributed by atoms with van der Waals surface area (Å²) in [5.41, 5.74) is 2.24. The molecule has 2 atom stereocenters. The van der Waals surface area contributed by atoms with E-state index in [2.05, 4.69) is 50.1 Å². The zero-order valence-electron chi connectivity index (χ0n) is 15.7. The molecular weight excluding hydrogens is 365 g/mol. The Bertz CT molecular complexity index is 654. The van der Waals surface area contributed by atoms with Crippen molar-refractivity contribution in [2.24, 2.45) is 5.92 Å². The fraction of sp³-hybridized carbons (Fsp3) is 0.455. The third kappa shape index (κ3) is 4.80. The summed E-state index contributed by atoms with van der Waals surface area (Å²) in [6.07, 6.45) is 2.25. The van der Waals surface area contributed by atoms with E-state index in [0.29, 0.717) is 12.0 Å². The van der Waals surface area contributed by atoms with Gasteiger partial charge in [0.25, 0.3) is 0 Å². The molecule has 0 radical (unpaired) electrons. The van der Waals surface area contributed by atoms with Gasteiger partial charge in [-0.2, -0.15) is 0 Å². The van der Waals surface area contributed by atoms with Crippen LogP contribution in [0.1, 0.15) is 43.9 Å². The predicted octanol–water partition coefficient (Wildman–Crippen LogP) is 6.22. The highest BCUT2D eigenvalue weighted by molar-refractivity contribution is 6.30. The number of hydrogen-bond donors (Lipinski definition) is 0. The molecule has 2 nitrogen and oxygen atoms in total. The Kier molecular flexibility index (Phi) is 6.63. The van der Waals surface area contributed by atoms with Gasteiger partial charge >= 0.3 is 0 Å². The first-order chi connectivity index (χ1) is 12.4. The van der Waals surface area contributed by atoms with Gasteiger partial charge in [0.2, 0.25) is 0 Å². The molecule has 140 valence electrons. The van der Waals surface area contributed by atoms with Gasteiger partial charge in [-0.15, -0.1) is 0 Å². The second-order valence-electron chi connectivity index (χ2n) is 7.56. The number of halogens is 2. The second kappa shape index (κ2) is 8.75. The maximum atomic E-state index is 6.66. The Hall–Kier alpha value is -1.06. The van der Waals surface area contributed by atoms with E-state index in [9.17, 15) is 0 Å². The molecule has 4 heteroatoms. The fourth-order valence-electron chi connectivity index (χ4n) is 3.80. The van der Waals surface area contributed by atoms with Gasteiger partial charge in [0.15, 0.2) is 0 Å². The molecule has 0 aromatic heterocycles. The lowest BCUT2D eigenvalue weighted by molar-refractivity contribution is -0.0466. The first kappa shape index (κ1) is 19.7. The van der Waals surface area contributed by atoms with Crippen molar-refractivity contribution in [3.63, 3.8) is 0 Å². The topological polar surface area (TPSA) is 12.5 Å². The highest BCUT2D eigenvalue weighted by Crippen LogP contribution is 2.33. The van der Waals surface area contributed by atoms with Crippen LogP contribution in [0.2, 0.25) is 10.0 Å². The second-order valence-corrected chi connectivity index (χ2v) is 8.43. The van der Waals surface area contributed by atoms with Crippen molar-refractivity contribution in [3.05, 3.63) is 69.7 Å². The SMILES string of the molecule is CC(C)[C@@H]1C[C@H](OC(c2ccc(Cl)cc2)c2ccc(Cl)cc2)CCN1C. The lowest BCUT2D eigenvalue weighted by Crippen LogP contribution is -2.45. The van der Waals surface area contributed by atoms with E-state index in [1.165, 1.54) is 0 Å². The van der Waals surface area contributed by atoms with Crippen molar-refractivity contribution in [2.75, 3.05) is 13.6 Å². The Labute approximate surface area is 167 Å². The lowest BCUT2D eigenvalue weighted by atomic mass is 9.91. The maximum Gasteiger partial charge on any atom is 0.108 e. The number of ether oxygens (including phenoxy) is 1. The summed E-state index contributed by atoms with van der Waals surface area (Å²) in [6.45, 7) is 5.65. The molecule has 2 aromatic rings. The molecule has 3 rings (SSSR count). The van der Waals surface area contributed by atoms with Crippen molar-refractivity contribution in [1.82, 2.24) is 4.90 Å². The van der Waals surface area contributed by atoms with Gasteiger partial charge in [-0.05, 0) is 61.2 Å². The van der Waals surface area contributed by atoms with Gasteiger partial charge in [-0.1, -0.05) is 61.3 Å². The van der Waals surface area contributed by atoms with Crippen LogP contribution in [0.5, 0.6) is 0 Å². The zero-order chi connectivity index (χ0) is 18.7. The Balaban J connectivity index is 1.84. The smallest absolute Gasteiger partial charge is 0.108 e. The molecule has 0 saturated carbocycles. The van der Waals surface area contributed by atoms with Gasteiger partial charge in [0.1, 0.15) is 6.10 Å². The molecule has 0 N–H and O–H groups in total. The fourth-order valence-corrected chi connectivity index (χ4v) is 4.05. The zero-order valence-corrected chi connectivity index (χ0v) is 17.2. The quantitative estimate of drug-likeness (QED) is 0.599. The molecule has 0 bridgehead atoms. The van der Waals surface area contributed by atoms with E-state index in [1.54, 1.807) is 0 Å². The van der Waals surface area contributed by atoms with Crippen molar-refractivity contribution in [2.45, 2.75) is 44.9 Å². The van der Waals surface area contributed by atoms with Gasteiger partial charge in [-0.25, -0.2) is 0 Å². The van der Waals surface area contributed by atoms with Crippen LogP contribution in [0.15, 0.2) is 48.5 Å². The average molecular weight is 392 g/mol. The van der Waals surface area contributed by atoms with Crippen molar-refractivity contribution in [3.8, 4) is 0 Å². The third-order valence-corrected chi connectivity index (χ3v) is 5.82. The van der Waals surface area contributed by atoms with E-state index in [-0.39, 0.29) is 12.2 Å². The summed E-state index contributed by atoms with van der Waals surface area (Å²) >= 11 is 12.2. The molecule has 1 heterocycles. The number of rotatable bonds is 5. The Morgan fingerprint density at radius 3 is 1.88 bits per heavy atom. The Morgan fingerprint density at radius 1 is 0.923 bits per heavy atom. The van der Waals surface area contributed by atoms with Crippen molar-refractivity contribution < 1.29 is 4.74 Å². The molecule has 2 aromatic carbocycles. The highest BCUT2D eigenvalue weighted by atomic mass is 35.5. The molecule has 0 aliphatic carbocycles. The number of nitrogens with zero attached hydrogens (tertiary/aromatic N) is 1. The molecule has 0 unspecified atom stereocenters. The van der Waals surface area contributed by atoms with Crippen molar-refractivity contribution >= 4 is 23.2 Å². The first-order valence-electron chi connectivity index (χ1n) is 9.30. The summed E-state index contributed by atoms with van der Waals surface area (Å²) in [4.78, 5) is 2.46. The van der Waals surface area contributed by atoms with Crippen LogP contribution in [-0.4, -0.2) is 30.6 Å². The minimum Gasteiger partial charge on any atom is -0.365 e. The Morgan fingerprint density at radius 2 is 1.42 bits per heavy atom. The van der Waals surface area contributed by atoms with E-state index in [0.717, 1.165) is 40.6 Å².